The number of nitrogens with zero attached hydrogens (tertiary/aromatic N) is 2. The van der Waals surface area contributed by atoms with Crippen molar-refractivity contribution in [3.63, 3.8) is 0 Å². The van der Waals surface area contributed by atoms with Crippen molar-refractivity contribution in [2.75, 3.05) is 18.0 Å². The van der Waals surface area contributed by atoms with Gasteiger partial charge in [0.25, 0.3) is 0 Å². The number of ether oxygens (including phenoxy) is 1. The van der Waals surface area contributed by atoms with Crippen molar-refractivity contribution in [2.24, 2.45) is 5.92 Å². The van der Waals surface area contributed by atoms with E-state index in [4.69, 9.17) is 16.3 Å². The lowest BCUT2D eigenvalue weighted by Crippen LogP contribution is -2.42. The van der Waals surface area contributed by atoms with Crippen LogP contribution in [0, 0.1) is 11.7 Å². The fraction of sp³-hybridized carbons (Fsp3) is 0.522. The normalized spacial score (nSPS) is 20.8. The van der Waals surface area contributed by atoms with Gasteiger partial charge in [-0.2, -0.15) is 0 Å². The number of rotatable bonds is 4. The van der Waals surface area contributed by atoms with E-state index in [0.717, 1.165) is 12.8 Å². The molecule has 1 aromatic carbocycles. The Kier molecular flexibility index (Phi) is 5.80. The van der Waals surface area contributed by atoms with Gasteiger partial charge in [-0.05, 0) is 45.6 Å². The smallest absolute Gasteiger partial charge is 0.407 e. The van der Waals surface area contributed by atoms with Gasteiger partial charge in [-0.15, -0.1) is 0 Å². The van der Waals surface area contributed by atoms with Crippen molar-refractivity contribution in [1.29, 1.82) is 0 Å². The maximum Gasteiger partial charge on any atom is 0.407 e. The molecule has 1 aliphatic heterocycles. The molecule has 1 amide bonds. The molecule has 2 fully saturated rings. The van der Waals surface area contributed by atoms with Crippen molar-refractivity contribution >= 4 is 40.3 Å². The number of aromatic carboxylic acids is 1. The summed E-state index contributed by atoms with van der Waals surface area (Å²) in [6.07, 6.45) is 2.46. The zero-order chi connectivity index (χ0) is 24.2. The second-order valence-corrected chi connectivity index (χ2v) is 10.2. The predicted molar refractivity (Wildman–Crippen MR) is 123 cm³/mol. The number of anilines is 1. The summed E-state index contributed by atoms with van der Waals surface area (Å²) in [5.74, 6) is -2.15. The van der Waals surface area contributed by atoms with Crippen LogP contribution in [0.15, 0.2) is 17.1 Å². The Morgan fingerprint density at radius 3 is 2.52 bits per heavy atom. The van der Waals surface area contributed by atoms with E-state index in [1.807, 2.05) is 6.92 Å². The Balaban J connectivity index is 1.72. The molecule has 1 saturated heterocycles. The Morgan fingerprint density at radius 2 is 1.94 bits per heavy atom. The van der Waals surface area contributed by atoms with Crippen LogP contribution in [0.3, 0.4) is 0 Å². The molecule has 33 heavy (non-hydrogen) atoms. The van der Waals surface area contributed by atoms with Gasteiger partial charge in [0.2, 0.25) is 5.43 Å². The molecule has 8 nitrogen and oxygen atoms in total. The monoisotopic (exact) mass is 479 g/mol. The molecule has 2 unspecified atom stereocenters. The Labute approximate surface area is 195 Å². The molecule has 0 bridgehead atoms. The van der Waals surface area contributed by atoms with Crippen LogP contribution < -0.4 is 15.6 Å². The topological polar surface area (TPSA) is 101 Å². The molecular formula is C23H27ClFN3O5. The predicted octanol–water partition coefficient (Wildman–Crippen LogP) is 4.18. The number of amides is 1. The Bertz CT molecular complexity index is 1200. The van der Waals surface area contributed by atoms with Gasteiger partial charge in [-0.3, -0.25) is 4.79 Å². The van der Waals surface area contributed by atoms with Crippen LogP contribution in [0.2, 0.25) is 5.02 Å². The van der Waals surface area contributed by atoms with Crippen molar-refractivity contribution in [1.82, 2.24) is 9.88 Å². The summed E-state index contributed by atoms with van der Waals surface area (Å²) in [6, 6.07) is 1.33. The van der Waals surface area contributed by atoms with E-state index in [1.54, 1.807) is 36.3 Å². The number of benzene rings is 1. The highest BCUT2D eigenvalue weighted by atomic mass is 35.5. The van der Waals surface area contributed by atoms with E-state index in [2.05, 4.69) is 5.32 Å². The van der Waals surface area contributed by atoms with Crippen molar-refractivity contribution in [3.05, 3.63) is 38.9 Å². The molecular weight excluding hydrogens is 453 g/mol. The van der Waals surface area contributed by atoms with Gasteiger partial charge >= 0.3 is 12.1 Å². The third-order valence-electron chi connectivity index (χ3n) is 6.01. The van der Waals surface area contributed by atoms with Gasteiger partial charge in [0, 0.05) is 25.3 Å². The van der Waals surface area contributed by atoms with E-state index >= 15 is 4.39 Å². The van der Waals surface area contributed by atoms with Crippen molar-refractivity contribution in [2.45, 2.75) is 58.2 Å². The zero-order valence-corrected chi connectivity index (χ0v) is 19.7. The molecule has 10 heteroatoms. The Morgan fingerprint density at radius 1 is 1.27 bits per heavy atom. The largest absolute Gasteiger partial charge is 0.477 e. The maximum atomic E-state index is 15.4. The molecule has 1 aromatic heterocycles. The lowest BCUT2D eigenvalue weighted by molar-refractivity contribution is 0.0499. The number of halogens is 2. The second kappa shape index (κ2) is 8.20. The van der Waals surface area contributed by atoms with Crippen LogP contribution in [0.1, 0.15) is 56.9 Å². The van der Waals surface area contributed by atoms with E-state index < -0.39 is 34.5 Å². The third-order valence-corrected chi connectivity index (χ3v) is 6.37. The molecule has 2 N–H and O–H groups in total. The minimum atomic E-state index is -1.37. The summed E-state index contributed by atoms with van der Waals surface area (Å²) in [5.41, 5.74) is -1.25. The summed E-state index contributed by atoms with van der Waals surface area (Å²) in [6.45, 7) is 8.07. The van der Waals surface area contributed by atoms with Crippen LogP contribution in [-0.2, 0) is 4.74 Å². The van der Waals surface area contributed by atoms with Gasteiger partial charge in [0.1, 0.15) is 11.2 Å². The number of hydrogen-bond donors (Lipinski definition) is 2. The van der Waals surface area contributed by atoms with E-state index in [-0.39, 0.29) is 34.1 Å². The highest BCUT2D eigenvalue weighted by Crippen LogP contribution is 2.41. The lowest BCUT2D eigenvalue weighted by atomic mass is 10.1. The quantitative estimate of drug-likeness (QED) is 0.682. The van der Waals surface area contributed by atoms with E-state index in [1.165, 1.54) is 6.20 Å². The molecule has 2 aromatic rings. The first-order valence-corrected chi connectivity index (χ1v) is 11.3. The van der Waals surface area contributed by atoms with Crippen LogP contribution >= 0.6 is 11.6 Å². The number of nitrogens with one attached hydrogen (secondary N) is 1. The number of alkyl carbamates (subject to hydrolysis) is 1. The van der Waals surface area contributed by atoms with Crippen LogP contribution in [-0.4, -0.2) is 46.5 Å². The minimum Gasteiger partial charge on any atom is -0.477 e. The first-order chi connectivity index (χ1) is 15.4. The standard InChI is InChI=1S/C23H27ClFN3O5/c1-11-8-27(10-14(11)26-22(32)33-23(2,3)4)16-7-15-17(18(24)19(16)25)20(29)13(21(30)31)9-28(15)12-5-6-12/h7,9,11-12,14H,5-6,8,10H2,1-4H3,(H,26,32)(H,30,31). The minimum absolute atomic E-state index is 0.00593. The SMILES string of the molecule is CC1CN(c2cc3c(c(Cl)c2F)c(=O)c(C(=O)O)cn3C2CC2)CC1NC(=O)OC(C)(C)C. The number of aromatic nitrogens is 1. The fourth-order valence-electron chi connectivity index (χ4n) is 4.27. The van der Waals surface area contributed by atoms with Gasteiger partial charge in [-0.1, -0.05) is 18.5 Å². The van der Waals surface area contributed by atoms with Gasteiger partial charge in [-0.25, -0.2) is 14.0 Å². The maximum absolute atomic E-state index is 15.4. The second-order valence-electron chi connectivity index (χ2n) is 9.87. The van der Waals surface area contributed by atoms with Gasteiger partial charge in [0.05, 0.1) is 27.7 Å². The number of carboxylic acid groups (broad SMARTS) is 1. The zero-order valence-electron chi connectivity index (χ0n) is 18.9. The van der Waals surface area contributed by atoms with Crippen molar-refractivity contribution in [3.8, 4) is 0 Å². The molecule has 1 saturated carbocycles. The summed E-state index contributed by atoms with van der Waals surface area (Å²) < 4.78 is 22.4. The molecule has 2 atom stereocenters. The highest BCUT2D eigenvalue weighted by molar-refractivity contribution is 6.36. The van der Waals surface area contributed by atoms with Crippen LogP contribution in [0.25, 0.3) is 10.9 Å². The summed E-state index contributed by atoms with van der Waals surface area (Å²) in [7, 11) is 0. The highest BCUT2D eigenvalue weighted by Gasteiger charge is 2.35. The average Bonchev–Trinajstić information content (AvgIpc) is 3.47. The van der Waals surface area contributed by atoms with Gasteiger partial charge in [0.15, 0.2) is 5.82 Å². The summed E-state index contributed by atoms with van der Waals surface area (Å²) in [5, 5.41) is 11.8. The van der Waals surface area contributed by atoms with Crippen LogP contribution in [0.4, 0.5) is 14.9 Å². The summed E-state index contributed by atoms with van der Waals surface area (Å²) >= 11 is 6.32. The molecule has 0 spiro atoms. The molecule has 2 heterocycles. The number of pyridine rings is 1. The molecule has 178 valence electrons. The first-order valence-electron chi connectivity index (χ1n) is 10.9. The van der Waals surface area contributed by atoms with Gasteiger partial charge < -0.3 is 24.6 Å². The molecule has 2 aliphatic rings. The number of carbonyl (C=O) groups is 2. The number of fused-ring (bicyclic) bond motifs is 1. The fourth-order valence-corrected chi connectivity index (χ4v) is 4.55. The average molecular weight is 480 g/mol. The molecule has 0 radical (unpaired) electrons. The number of hydrogen-bond acceptors (Lipinski definition) is 5. The number of carbonyl (C=O) groups excluding carboxylic acids is 1. The van der Waals surface area contributed by atoms with E-state index in [0.29, 0.717) is 18.6 Å². The third kappa shape index (κ3) is 4.51. The summed E-state index contributed by atoms with van der Waals surface area (Å²) in [4.78, 5) is 38.4. The Hall–Kier alpha value is -2.81. The first kappa shape index (κ1) is 23.4. The van der Waals surface area contributed by atoms with Crippen LogP contribution in [0.5, 0.6) is 0 Å². The van der Waals surface area contributed by atoms with Crippen molar-refractivity contribution < 1.29 is 23.8 Å². The lowest BCUT2D eigenvalue weighted by Gasteiger charge is -2.24. The molecule has 1 aliphatic carbocycles. The molecule has 4 rings (SSSR count). The van der Waals surface area contributed by atoms with E-state index in [9.17, 15) is 19.5 Å². The number of carboxylic acids is 1.